The zero-order chi connectivity index (χ0) is 26.3. The summed E-state index contributed by atoms with van der Waals surface area (Å²) in [5.74, 6) is -1.33. The minimum atomic E-state index is -2.22. The number of rotatable bonds is 11. The largest absolute Gasteiger partial charge is 0.479 e. The molecule has 0 fully saturated rings. The van der Waals surface area contributed by atoms with Crippen LogP contribution in [0.2, 0.25) is 19.6 Å². The van der Waals surface area contributed by atoms with Gasteiger partial charge in [-0.3, -0.25) is 0 Å². The van der Waals surface area contributed by atoms with Crippen molar-refractivity contribution < 1.29 is 29.0 Å². The van der Waals surface area contributed by atoms with E-state index in [-0.39, 0.29) is 12.8 Å². The first kappa shape index (κ1) is 28.6. The fourth-order valence-electron chi connectivity index (χ4n) is 3.82. The van der Waals surface area contributed by atoms with Crippen LogP contribution in [0.25, 0.3) is 0 Å². The molecule has 0 aliphatic carbocycles. The first-order valence-electron chi connectivity index (χ1n) is 11.9. The van der Waals surface area contributed by atoms with E-state index in [1.165, 1.54) is 0 Å². The third kappa shape index (κ3) is 10.2. The van der Waals surface area contributed by atoms with Crippen molar-refractivity contribution in [1.29, 1.82) is 0 Å². The molecule has 0 heterocycles. The highest BCUT2D eigenvalue weighted by atomic mass is 28.4. The van der Waals surface area contributed by atoms with E-state index in [2.05, 4.69) is 5.32 Å². The highest BCUT2D eigenvalue weighted by molar-refractivity contribution is 6.69. The third-order valence-corrected chi connectivity index (χ3v) is 6.24. The molecule has 2 aromatic carbocycles. The Labute approximate surface area is 209 Å². The first-order valence-corrected chi connectivity index (χ1v) is 15.3. The van der Waals surface area contributed by atoms with Crippen LogP contribution in [0, 0.1) is 0 Å². The average molecular weight is 502 g/mol. The first-order chi connectivity index (χ1) is 16.2. The lowest BCUT2D eigenvalue weighted by atomic mass is 9.85. The lowest BCUT2D eigenvalue weighted by molar-refractivity contribution is -0.161. The maximum atomic E-state index is 12.8. The average Bonchev–Trinajstić information content (AvgIpc) is 2.72. The van der Waals surface area contributed by atoms with E-state index >= 15 is 0 Å². The van der Waals surface area contributed by atoms with Crippen LogP contribution in [-0.2, 0) is 26.8 Å². The van der Waals surface area contributed by atoms with Crippen molar-refractivity contribution in [2.24, 2.45) is 0 Å². The second-order valence-electron chi connectivity index (χ2n) is 10.9. The number of alkyl carbamates (subject to hydrolysis) is 1. The lowest BCUT2D eigenvalue weighted by Crippen LogP contribution is -2.55. The highest BCUT2D eigenvalue weighted by Crippen LogP contribution is 2.27. The second-order valence-corrected chi connectivity index (χ2v) is 15.4. The van der Waals surface area contributed by atoms with Gasteiger partial charge < -0.3 is 24.7 Å². The van der Waals surface area contributed by atoms with E-state index in [9.17, 15) is 19.8 Å². The Morgan fingerprint density at radius 3 is 1.91 bits per heavy atom. The second kappa shape index (κ2) is 11.8. The van der Waals surface area contributed by atoms with E-state index in [0.29, 0.717) is 12.0 Å². The molecule has 0 saturated carbocycles. The van der Waals surface area contributed by atoms with Gasteiger partial charge in [-0.25, -0.2) is 9.59 Å². The molecule has 0 saturated heterocycles. The number of ether oxygens (including phenoxy) is 1. The Morgan fingerprint density at radius 1 is 0.943 bits per heavy atom. The van der Waals surface area contributed by atoms with Gasteiger partial charge in [0, 0.05) is 12.8 Å². The predicted molar refractivity (Wildman–Crippen MR) is 139 cm³/mol. The van der Waals surface area contributed by atoms with Gasteiger partial charge in [-0.05, 0) is 58.0 Å². The van der Waals surface area contributed by atoms with Gasteiger partial charge in [0.1, 0.15) is 5.60 Å². The smallest absolute Gasteiger partial charge is 0.407 e. The number of aliphatic carboxylic acids is 1. The SMILES string of the molecule is CC(C)(C)OC(=O)N[C@@H](Cc1ccccc1)[C@H](C[C@@](O)(Cc1ccccc1)C(=O)O)O[Si](C)(C)C. The summed E-state index contributed by atoms with van der Waals surface area (Å²) in [6.45, 7) is 11.3. The Morgan fingerprint density at radius 2 is 1.46 bits per heavy atom. The Bertz CT molecular complexity index is 955. The number of nitrogens with one attached hydrogen (secondary N) is 1. The van der Waals surface area contributed by atoms with E-state index in [1.807, 2.05) is 56.0 Å². The Balaban J connectivity index is 2.42. The molecular weight excluding hydrogens is 462 g/mol. The summed E-state index contributed by atoms with van der Waals surface area (Å²) in [6.07, 6.45) is -1.28. The van der Waals surface area contributed by atoms with Crippen LogP contribution in [0.3, 0.4) is 0 Å². The van der Waals surface area contributed by atoms with Gasteiger partial charge >= 0.3 is 12.1 Å². The number of amides is 1. The van der Waals surface area contributed by atoms with Gasteiger partial charge in [0.15, 0.2) is 13.9 Å². The van der Waals surface area contributed by atoms with Gasteiger partial charge in [0.2, 0.25) is 0 Å². The van der Waals surface area contributed by atoms with Gasteiger partial charge in [-0.2, -0.15) is 0 Å². The van der Waals surface area contributed by atoms with E-state index in [4.69, 9.17) is 9.16 Å². The number of benzene rings is 2. The molecule has 192 valence electrons. The maximum absolute atomic E-state index is 12.8. The van der Waals surface area contributed by atoms with Crippen LogP contribution in [0.15, 0.2) is 60.7 Å². The van der Waals surface area contributed by atoms with E-state index in [1.54, 1.807) is 45.0 Å². The monoisotopic (exact) mass is 501 g/mol. The fourth-order valence-corrected chi connectivity index (χ4v) is 4.98. The van der Waals surface area contributed by atoms with Crippen molar-refractivity contribution in [3.63, 3.8) is 0 Å². The maximum Gasteiger partial charge on any atom is 0.407 e. The summed E-state index contributed by atoms with van der Waals surface area (Å²) in [7, 11) is -2.22. The van der Waals surface area contributed by atoms with Gasteiger partial charge in [-0.15, -0.1) is 0 Å². The summed E-state index contributed by atoms with van der Waals surface area (Å²) >= 11 is 0. The molecule has 8 heteroatoms. The number of hydrogen-bond acceptors (Lipinski definition) is 5. The number of carboxylic acid groups (broad SMARTS) is 1. The van der Waals surface area contributed by atoms with Crippen LogP contribution in [0.4, 0.5) is 4.79 Å². The zero-order valence-electron chi connectivity index (χ0n) is 21.6. The minimum absolute atomic E-state index is 0.0841. The Kier molecular flexibility index (Phi) is 9.65. The van der Waals surface area contributed by atoms with Crippen molar-refractivity contribution in [1.82, 2.24) is 5.32 Å². The van der Waals surface area contributed by atoms with Crippen molar-refractivity contribution in [2.75, 3.05) is 0 Å². The van der Waals surface area contributed by atoms with Crippen molar-refractivity contribution in [2.45, 2.75) is 83.0 Å². The summed E-state index contributed by atoms with van der Waals surface area (Å²) in [6, 6.07) is 17.9. The minimum Gasteiger partial charge on any atom is -0.479 e. The predicted octanol–water partition coefficient (Wildman–Crippen LogP) is 4.79. The van der Waals surface area contributed by atoms with Gasteiger partial charge in [0.25, 0.3) is 0 Å². The van der Waals surface area contributed by atoms with Crippen LogP contribution in [-0.4, -0.2) is 53.9 Å². The summed E-state index contributed by atoms with van der Waals surface area (Å²) in [5, 5.41) is 24.3. The lowest BCUT2D eigenvalue weighted by Gasteiger charge is -2.37. The molecule has 0 aromatic heterocycles. The van der Waals surface area contributed by atoms with E-state index < -0.39 is 43.7 Å². The standard InChI is InChI=1S/C27H39NO6Si/c1-26(2,3)33-25(31)28-22(17-20-13-9-7-10-14-20)23(34-35(4,5)6)19-27(32,24(29)30)18-21-15-11-8-12-16-21/h7-16,22-23,32H,17-19H2,1-6H3,(H,28,31)(H,29,30)/t22-,23-,27-/m0/s1. The highest BCUT2D eigenvalue weighted by Gasteiger charge is 2.43. The molecule has 0 aliphatic heterocycles. The number of carbonyl (C=O) groups excluding carboxylic acids is 1. The molecule has 0 bridgehead atoms. The molecule has 3 atom stereocenters. The summed E-state index contributed by atoms with van der Waals surface area (Å²) in [5.41, 5.74) is -1.15. The molecular formula is C27H39NO6Si. The van der Waals surface area contributed by atoms with E-state index in [0.717, 1.165) is 5.56 Å². The van der Waals surface area contributed by atoms with Crippen LogP contribution >= 0.6 is 0 Å². The molecule has 2 aromatic rings. The normalized spacial score (nSPS) is 15.5. The topological polar surface area (TPSA) is 105 Å². The van der Waals surface area contributed by atoms with Crippen molar-refractivity contribution in [3.05, 3.63) is 71.8 Å². The molecule has 0 radical (unpaired) electrons. The summed E-state index contributed by atoms with van der Waals surface area (Å²) in [4.78, 5) is 25.1. The molecule has 35 heavy (non-hydrogen) atoms. The number of carbonyl (C=O) groups is 2. The summed E-state index contributed by atoms with van der Waals surface area (Å²) < 4.78 is 11.9. The third-order valence-electron chi connectivity index (χ3n) is 5.23. The number of aliphatic hydroxyl groups is 1. The van der Waals surface area contributed by atoms with Crippen molar-refractivity contribution in [3.8, 4) is 0 Å². The molecule has 0 aliphatic rings. The van der Waals surface area contributed by atoms with Gasteiger partial charge in [-0.1, -0.05) is 60.7 Å². The Hall–Kier alpha value is -2.68. The van der Waals surface area contributed by atoms with Crippen molar-refractivity contribution >= 4 is 20.4 Å². The van der Waals surface area contributed by atoms with Gasteiger partial charge in [0.05, 0.1) is 12.1 Å². The number of carboxylic acids is 1. The quantitative estimate of drug-likeness (QED) is 0.382. The number of hydrogen-bond donors (Lipinski definition) is 3. The molecule has 2 rings (SSSR count). The molecule has 1 amide bonds. The zero-order valence-corrected chi connectivity index (χ0v) is 22.6. The van der Waals surface area contributed by atoms with Crippen LogP contribution < -0.4 is 5.32 Å². The van der Waals surface area contributed by atoms with Crippen LogP contribution in [0.1, 0.15) is 38.3 Å². The molecule has 0 unspecified atom stereocenters. The van der Waals surface area contributed by atoms with Crippen LogP contribution in [0.5, 0.6) is 0 Å². The molecule has 3 N–H and O–H groups in total. The molecule has 0 spiro atoms. The molecule has 7 nitrogen and oxygen atoms in total. The fraction of sp³-hybridized carbons (Fsp3) is 0.481.